The van der Waals surface area contributed by atoms with E-state index in [0.29, 0.717) is 22.3 Å². The molecule has 160 valence electrons. The fraction of sp³-hybridized carbons (Fsp3) is 0.0690. The molecule has 0 fully saturated rings. The van der Waals surface area contributed by atoms with Gasteiger partial charge in [0.25, 0.3) is 0 Å². The number of carbonyl (C=O) groups excluding carboxylic acids is 1. The summed E-state index contributed by atoms with van der Waals surface area (Å²) >= 11 is 0. The number of hydrogen-bond donors (Lipinski definition) is 2. The van der Waals surface area contributed by atoms with Crippen molar-refractivity contribution in [1.82, 2.24) is 0 Å². The first kappa shape index (κ1) is 19.4. The second-order valence-corrected chi connectivity index (χ2v) is 8.50. The van der Waals surface area contributed by atoms with Gasteiger partial charge in [-0.3, -0.25) is 0 Å². The van der Waals surface area contributed by atoms with Crippen LogP contribution >= 0.6 is 0 Å². The number of esters is 1. The lowest BCUT2D eigenvalue weighted by molar-refractivity contribution is 0.0240. The molecule has 1 unspecified atom stereocenters. The molecule has 4 nitrogen and oxygen atoms in total. The summed E-state index contributed by atoms with van der Waals surface area (Å²) in [7, 11) is 0. The number of cyclic esters (lactones) is 1. The second kappa shape index (κ2) is 6.84. The Morgan fingerprint density at radius 1 is 0.667 bits per heavy atom. The molecule has 0 aromatic heterocycles. The van der Waals surface area contributed by atoms with E-state index in [-0.39, 0.29) is 11.5 Å². The molecule has 0 spiro atoms. The molecule has 1 aliphatic heterocycles. The topological polar surface area (TPSA) is 66.8 Å². The van der Waals surface area contributed by atoms with Crippen LogP contribution in [0.1, 0.15) is 32.6 Å². The van der Waals surface area contributed by atoms with Gasteiger partial charge in [0, 0.05) is 16.7 Å². The van der Waals surface area contributed by atoms with Gasteiger partial charge in [0.2, 0.25) is 0 Å². The summed E-state index contributed by atoms with van der Waals surface area (Å²) in [5, 5.41) is 26.0. The van der Waals surface area contributed by atoms with E-state index in [1.165, 1.54) is 0 Å². The van der Waals surface area contributed by atoms with Crippen LogP contribution in [0.5, 0.6) is 11.5 Å². The van der Waals surface area contributed by atoms with E-state index in [1.54, 1.807) is 24.3 Å². The van der Waals surface area contributed by atoms with Crippen molar-refractivity contribution < 1.29 is 19.7 Å². The van der Waals surface area contributed by atoms with Crippen LogP contribution in [0.15, 0.2) is 91.0 Å². The van der Waals surface area contributed by atoms with Crippen LogP contribution in [0.3, 0.4) is 0 Å². The first-order chi connectivity index (χ1) is 16.0. The van der Waals surface area contributed by atoms with Gasteiger partial charge in [-0.15, -0.1) is 0 Å². The largest absolute Gasteiger partial charge is 0.507 e. The maximum atomic E-state index is 13.0. The summed E-state index contributed by atoms with van der Waals surface area (Å²) in [4.78, 5) is 13.0. The van der Waals surface area contributed by atoms with Crippen LogP contribution in [0, 0.1) is 6.92 Å². The summed E-state index contributed by atoms with van der Waals surface area (Å²) in [6, 6.07) is 27.8. The maximum Gasteiger partial charge on any atom is 0.340 e. The smallest absolute Gasteiger partial charge is 0.340 e. The van der Waals surface area contributed by atoms with Gasteiger partial charge >= 0.3 is 5.97 Å². The van der Waals surface area contributed by atoms with Crippen LogP contribution in [0.2, 0.25) is 0 Å². The molecule has 2 N–H and O–H groups in total. The van der Waals surface area contributed by atoms with Gasteiger partial charge in [-0.2, -0.15) is 0 Å². The fourth-order valence-electron chi connectivity index (χ4n) is 5.02. The molecule has 0 saturated carbocycles. The van der Waals surface area contributed by atoms with Crippen LogP contribution in [0.4, 0.5) is 0 Å². The molecule has 0 radical (unpaired) electrons. The highest BCUT2D eigenvalue weighted by molar-refractivity contribution is 5.98. The minimum atomic E-state index is -1.50. The second-order valence-electron chi connectivity index (χ2n) is 8.50. The summed E-state index contributed by atoms with van der Waals surface area (Å²) < 4.78 is 6.12. The quantitative estimate of drug-likeness (QED) is 0.327. The van der Waals surface area contributed by atoms with Gasteiger partial charge in [0.15, 0.2) is 5.60 Å². The number of fused-ring (bicyclic) bond motifs is 3. The zero-order valence-corrected chi connectivity index (χ0v) is 17.9. The van der Waals surface area contributed by atoms with Crippen molar-refractivity contribution in [1.29, 1.82) is 0 Å². The zero-order chi connectivity index (χ0) is 22.7. The lowest BCUT2D eigenvalue weighted by Crippen LogP contribution is -2.30. The van der Waals surface area contributed by atoms with Gasteiger partial charge in [0.1, 0.15) is 11.5 Å². The lowest BCUT2D eigenvalue weighted by atomic mass is 9.77. The molecule has 5 aromatic carbocycles. The molecule has 0 aliphatic carbocycles. The van der Waals surface area contributed by atoms with Gasteiger partial charge in [-0.05, 0) is 64.4 Å². The normalized spacial score (nSPS) is 17.3. The number of rotatable bonds is 2. The third kappa shape index (κ3) is 2.67. The first-order valence-corrected chi connectivity index (χ1v) is 10.8. The van der Waals surface area contributed by atoms with Gasteiger partial charge in [-0.25, -0.2) is 4.79 Å². The highest BCUT2D eigenvalue weighted by atomic mass is 16.6. The molecular weight excluding hydrogens is 412 g/mol. The third-order valence-corrected chi connectivity index (χ3v) is 6.61. The monoisotopic (exact) mass is 432 g/mol. The van der Waals surface area contributed by atoms with Crippen molar-refractivity contribution in [2.24, 2.45) is 0 Å². The Balaban J connectivity index is 1.76. The number of carbonyl (C=O) groups is 1. The number of benzene rings is 5. The minimum Gasteiger partial charge on any atom is -0.507 e. The Kier molecular flexibility index (Phi) is 4.02. The zero-order valence-electron chi connectivity index (χ0n) is 17.9. The summed E-state index contributed by atoms with van der Waals surface area (Å²) in [5.74, 6) is -0.516. The number of aryl methyl sites for hydroxylation is 1. The van der Waals surface area contributed by atoms with Crippen molar-refractivity contribution in [3.8, 4) is 11.5 Å². The number of phenols is 2. The van der Waals surface area contributed by atoms with E-state index in [1.807, 2.05) is 73.7 Å². The number of ether oxygens (including phenoxy) is 1. The Morgan fingerprint density at radius 3 is 2.06 bits per heavy atom. The fourth-order valence-corrected chi connectivity index (χ4v) is 5.02. The third-order valence-electron chi connectivity index (χ3n) is 6.61. The Hall–Kier alpha value is -4.31. The number of phenolic OH excluding ortho intramolecular Hbond substituents is 2. The van der Waals surface area contributed by atoms with Crippen molar-refractivity contribution in [2.45, 2.75) is 12.5 Å². The molecule has 5 aromatic rings. The molecule has 0 saturated heterocycles. The van der Waals surface area contributed by atoms with E-state index < -0.39 is 11.6 Å². The average Bonchev–Trinajstić information content (AvgIpc) is 3.12. The maximum absolute atomic E-state index is 13.0. The van der Waals surface area contributed by atoms with E-state index in [4.69, 9.17) is 4.74 Å². The van der Waals surface area contributed by atoms with Crippen LogP contribution in [-0.4, -0.2) is 16.2 Å². The van der Waals surface area contributed by atoms with Crippen molar-refractivity contribution in [3.63, 3.8) is 0 Å². The minimum absolute atomic E-state index is 0.00568. The van der Waals surface area contributed by atoms with E-state index in [2.05, 4.69) is 0 Å². The lowest BCUT2D eigenvalue weighted by Gasteiger charge is -2.32. The SMILES string of the molecule is Cc1cccc2cc(C3(c4cc5ccccc5cc4O)OC(=O)c4ccccc43)c(O)cc12. The van der Waals surface area contributed by atoms with Crippen molar-refractivity contribution >= 4 is 27.5 Å². The first-order valence-electron chi connectivity index (χ1n) is 10.8. The average molecular weight is 432 g/mol. The van der Waals surface area contributed by atoms with Crippen LogP contribution in [0.25, 0.3) is 21.5 Å². The Morgan fingerprint density at radius 2 is 1.27 bits per heavy atom. The standard InChI is InChI=1S/C29H20O4/c1-17-7-6-10-20-14-25(27(31)16-22(17)20)29(23-12-5-4-11-21(23)28(32)33-29)24-13-18-8-2-3-9-19(18)15-26(24)30/h2-16,30-31H,1H3. The van der Waals surface area contributed by atoms with Gasteiger partial charge < -0.3 is 14.9 Å². The molecule has 0 amide bonds. The number of hydrogen-bond acceptors (Lipinski definition) is 4. The van der Waals surface area contributed by atoms with E-state index in [9.17, 15) is 15.0 Å². The van der Waals surface area contributed by atoms with E-state index >= 15 is 0 Å². The van der Waals surface area contributed by atoms with Crippen molar-refractivity contribution in [3.05, 3.63) is 119 Å². The predicted molar refractivity (Wildman–Crippen MR) is 128 cm³/mol. The predicted octanol–water partition coefficient (Wildman–Crippen LogP) is 6.17. The Labute approximate surface area is 190 Å². The Bertz CT molecular complexity index is 1600. The molecular formula is C29H20O4. The van der Waals surface area contributed by atoms with Gasteiger partial charge in [-0.1, -0.05) is 60.7 Å². The van der Waals surface area contributed by atoms with E-state index in [0.717, 1.165) is 27.1 Å². The molecule has 1 aliphatic rings. The summed E-state index contributed by atoms with van der Waals surface area (Å²) in [6.07, 6.45) is 0. The molecule has 1 atom stereocenters. The molecule has 6 rings (SSSR count). The van der Waals surface area contributed by atoms with Gasteiger partial charge in [0.05, 0.1) is 5.56 Å². The highest BCUT2D eigenvalue weighted by Crippen LogP contribution is 2.53. The summed E-state index contributed by atoms with van der Waals surface area (Å²) in [5.41, 5.74) is 1.34. The van der Waals surface area contributed by atoms with Crippen LogP contribution in [-0.2, 0) is 10.3 Å². The molecule has 33 heavy (non-hydrogen) atoms. The van der Waals surface area contributed by atoms with Crippen LogP contribution < -0.4 is 0 Å². The highest BCUT2D eigenvalue weighted by Gasteiger charge is 2.51. The molecule has 0 bridgehead atoms. The van der Waals surface area contributed by atoms with Crippen molar-refractivity contribution in [2.75, 3.05) is 0 Å². The molecule has 1 heterocycles. The number of aromatic hydroxyl groups is 2. The summed E-state index contributed by atoms with van der Waals surface area (Å²) in [6.45, 7) is 1.98. The molecule has 4 heteroatoms.